The summed E-state index contributed by atoms with van der Waals surface area (Å²) < 4.78 is 5.72. The van der Waals surface area contributed by atoms with E-state index in [1.807, 2.05) is 25.3 Å². The Morgan fingerprint density at radius 2 is 1.90 bits per heavy atom. The Hall–Kier alpha value is -3.27. The molecule has 0 N–H and O–H groups in total. The Bertz CT molecular complexity index is 1250. The van der Waals surface area contributed by atoms with Crippen LogP contribution in [0.2, 0.25) is 0 Å². The lowest BCUT2D eigenvalue weighted by atomic mass is 9.53. The average Bonchev–Trinajstić information content (AvgIpc) is 3.28. The maximum absolute atomic E-state index is 5.72. The monoisotopic (exact) mass is 406 g/mol. The van der Waals surface area contributed by atoms with Gasteiger partial charge in [0, 0.05) is 28.0 Å². The van der Waals surface area contributed by atoms with Crippen LogP contribution in [0, 0.1) is 18.9 Å². The van der Waals surface area contributed by atoms with E-state index in [1.54, 1.807) is 0 Å². The number of hydrogen-bond acceptors (Lipinski definition) is 4. The molecule has 0 amide bonds. The summed E-state index contributed by atoms with van der Waals surface area (Å²) in [4.78, 5) is 10.0. The number of benzene rings is 2. The van der Waals surface area contributed by atoms with Gasteiger partial charge in [-0.1, -0.05) is 66.7 Å². The van der Waals surface area contributed by atoms with Crippen LogP contribution in [0.4, 0.5) is 0 Å². The lowest BCUT2D eigenvalue weighted by molar-refractivity contribution is 0.188. The second-order valence-corrected chi connectivity index (χ2v) is 8.89. The quantitative estimate of drug-likeness (QED) is 0.444. The zero-order valence-electron chi connectivity index (χ0n) is 17.8. The normalized spacial score (nSPS) is 24.2. The van der Waals surface area contributed by atoms with Gasteiger partial charge in [-0.2, -0.15) is 0 Å². The summed E-state index contributed by atoms with van der Waals surface area (Å²) in [6.07, 6.45) is 4.78. The Morgan fingerprint density at radius 3 is 2.71 bits per heavy atom. The molecule has 0 saturated heterocycles. The van der Waals surface area contributed by atoms with Gasteiger partial charge < -0.3 is 4.52 Å². The maximum Gasteiger partial charge on any atom is 0.143 e. The molecular formula is C27H24N3O. The molecule has 0 saturated carbocycles. The second-order valence-electron chi connectivity index (χ2n) is 8.89. The molecule has 6 rings (SSSR count). The van der Waals surface area contributed by atoms with Crippen molar-refractivity contribution in [3.8, 4) is 11.3 Å². The molecule has 4 nitrogen and oxygen atoms in total. The van der Waals surface area contributed by atoms with Crippen LogP contribution in [0.15, 0.2) is 65.3 Å². The molecule has 0 bridgehead atoms. The van der Waals surface area contributed by atoms with Crippen LogP contribution in [0.1, 0.15) is 53.2 Å². The number of hydrogen-bond donors (Lipinski definition) is 0. The fourth-order valence-corrected chi connectivity index (χ4v) is 6.03. The summed E-state index contributed by atoms with van der Waals surface area (Å²) in [6.45, 7) is 4.29. The predicted octanol–water partition coefficient (Wildman–Crippen LogP) is 5.45. The predicted molar refractivity (Wildman–Crippen MR) is 119 cm³/mol. The molecule has 4 aromatic rings. The minimum absolute atomic E-state index is 0.218. The molecule has 2 aliphatic rings. The smallest absolute Gasteiger partial charge is 0.143 e. The Morgan fingerprint density at radius 1 is 1.06 bits per heavy atom. The minimum Gasteiger partial charge on any atom is -0.361 e. The molecule has 1 radical (unpaired) electrons. The maximum atomic E-state index is 5.72. The van der Waals surface area contributed by atoms with Gasteiger partial charge in [0.1, 0.15) is 11.6 Å². The van der Waals surface area contributed by atoms with Gasteiger partial charge in [-0.05, 0) is 43.7 Å². The third kappa shape index (κ3) is 2.64. The zero-order chi connectivity index (χ0) is 21.0. The summed E-state index contributed by atoms with van der Waals surface area (Å²) in [5.74, 6) is 2.53. The molecule has 0 fully saturated rings. The van der Waals surface area contributed by atoms with Crippen LogP contribution in [-0.4, -0.2) is 15.1 Å². The highest BCUT2D eigenvalue weighted by Crippen LogP contribution is 2.57. The molecule has 2 aromatic heterocycles. The van der Waals surface area contributed by atoms with Crippen LogP contribution in [0.3, 0.4) is 0 Å². The highest BCUT2D eigenvalue weighted by Gasteiger charge is 2.54. The van der Waals surface area contributed by atoms with Crippen molar-refractivity contribution < 1.29 is 4.52 Å². The molecule has 2 heterocycles. The van der Waals surface area contributed by atoms with Crippen LogP contribution in [-0.2, 0) is 18.3 Å². The van der Waals surface area contributed by atoms with E-state index in [0.29, 0.717) is 5.92 Å². The number of fused-ring (bicyclic) bond motifs is 4. The highest BCUT2D eigenvalue weighted by molar-refractivity contribution is 5.66. The Balaban J connectivity index is 1.67. The topological polar surface area (TPSA) is 51.8 Å². The van der Waals surface area contributed by atoms with Crippen molar-refractivity contribution in [1.82, 2.24) is 15.1 Å². The fraction of sp³-hybridized carbons (Fsp3) is 0.296. The van der Waals surface area contributed by atoms with Crippen LogP contribution in [0.25, 0.3) is 11.3 Å². The van der Waals surface area contributed by atoms with Gasteiger partial charge in [0.25, 0.3) is 0 Å². The number of aromatic nitrogens is 3. The zero-order valence-corrected chi connectivity index (χ0v) is 17.8. The Kier molecular flexibility index (Phi) is 4.10. The van der Waals surface area contributed by atoms with Crippen LogP contribution in [0.5, 0.6) is 0 Å². The van der Waals surface area contributed by atoms with Crippen LogP contribution >= 0.6 is 0 Å². The lowest BCUT2D eigenvalue weighted by Crippen LogP contribution is -2.48. The van der Waals surface area contributed by atoms with E-state index in [4.69, 9.17) is 14.5 Å². The van der Waals surface area contributed by atoms with Crippen molar-refractivity contribution in [2.24, 2.45) is 5.92 Å². The van der Waals surface area contributed by atoms with E-state index < -0.39 is 0 Å². The third-order valence-corrected chi connectivity index (χ3v) is 7.30. The number of rotatable bonds is 2. The molecular weight excluding hydrogens is 382 g/mol. The molecule has 0 aliphatic heterocycles. The Labute approximate surface area is 182 Å². The minimum atomic E-state index is -0.218. The van der Waals surface area contributed by atoms with Crippen molar-refractivity contribution in [3.05, 3.63) is 101 Å². The largest absolute Gasteiger partial charge is 0.361 e. The van der Waals surface area contributed by atoms with Crippen molar-refractivity contribution in [3.63, 3.8) is 0 Å². The van der Waals surface area contributed by atoms with Gasteiger partial charge in [0.2, 0.25) is 0 Å². The molecule has 2 aliphatic carbocycles. The van der Waals surface area contributed by atoms with Gasteiger partial charge in [0.15, 0.2) is 0 Å². The average molecular weight is 407 g/mol. The number of nitrogens with zero attached hydrogens (tertiary/aromatic N) is 3. The highest BCUT2D eigenvalue weighted by atomic mass is 16.5. The van der Waals surface area contributed by atoms with Gasteiger partial charge in [-0.3, -0.25) is 0 Å². The van der Waals surface area contributed by atoms with Crippen molar-refractivity contribution >= 4 is 0 Å². The third-order valence-electron chi connectivity index (χ3n) is 7.30. The molecule has 2 aromatic carbocycles. The summed E-state index contributed by atoms with van der Waals surface area (Å²) in [5, 5.41) is 4.16. The summed E-state index contributed by atoms with van der Waals surface area (Å²) >= 11 is 0. The fourth-order valence-electron chi connectivity index (χ4n) is 6.03. The SMILES string of the molecule is Cc1nc(-c2[c]cccc2)c2c(n1)[C@@]1(c3ccccc3)Cc3cnoc3[C@@H](C)[C@@H]1CC2. The second kappa shape index (κ2) is 6.88. The molecule has 0 spiro atoms. The van der Waals surface area contributed by atoms with Crippen molar-refractivity contribution in [2.75, 3.05) is 0 Å². The molecule has 0 unspecified atom stereocenters. The van der Waals surface area contributed by atoms with Crippen molar-refractivity contribution in [1.29, 1.82) is 0 Å². The van der Waals surface area contributed by atoms with Gasteiger partial charge in [0.05, 0.1) is 17.6 Å². The van der Waals surface area contributed by atoms with E-state index in [2.05, 4.69) is 60.6 Å². The van der Waals surface area contributed by atoms with E-state index in [0.717, 1.165) is 42.1 Å². The summed E-state index contributed by atoms with van der Waals surface area (Å²) in [6, 6.07) is 22.4. The van der Waals surface area contributed by atoms with E-state index in [9.17, 15) is 0 Å². The van der Waals surface area contributed by atoms with Gasteiger partial charge in [-0.25, -0.2) is 9.97 Å². The summed E-state index contributed by atoms with van der Waals surface area (Å²) in [5.41, 5.74) is 6.81. The lowest BCUT2D eigenvalue weighted by Gasteiger charge is -2.50. The van der Waals surface area contributed by atoms with Crippen LogP contribution < -0.4 is 0 Å². The standard InChI is InChI=1S/C27H24N3O/c1-17-23-14-13-22-24(19-9-5-3-6-10-19)29-18(2)30-26(22)27(23,21-11-7-4-8-12-21)15-20-16-28-31-25(17)20/h3-9,11-12,16-17,23H,13-15H2,1-2H3/t17-,23-,27+/m0/s1. The summed E-state index contributed by atoms with van der Waals surface area (Å²) in [7, 11) is 0. The van der Waals surface area contributed by atoms with E-state index >= 15 is 0 Å². The van der Waals surface area contributed by atoms with Crippen molar-refractivity contribution in [2.45, 2.75) is 44.4 Å². The van der Waals surface area contributed by atoms with Gasteiger partial charge >= 0.3 is 0 Å². The molecule has 3 atom stereocenters. The first-order valence-electron chi connectivity index (χ1n) is 11.0. The molecule has 153 valence electrons. The molecule has 31 heavy (non-hydrogen) atoms. The number of aryl methyl sites for hydroxylation is 1. The van der Waals surface area contributed by atoms with E-state index in [1.165, 1.54) is 22.4 Å². The first-order valence-corrected chi connectivity index (χ1v) is 11.0. The first-order chi connectivity index (χ1) is 15.2. The first kappa shape index (κ1) is 18.5. The van der Waals surface area contributed by atoms with E-state index in [-0.39, 0.29) is 11.3 Å². The van der Waals surface area contributed by atoms with Gasteiger partial charge in [-0.15, -0.1) is 0 Å². The molecule has 4 heteroatoms.